The highest BCUT2D eigenvalue weighted by molar-refractivity contribution is 5.81. The minimum atomic E-state index is -0.153. The quantitative estimate of drug-likeness (QED) is 0.797. The van der Waals surface area contributed by atoms with Gasteiger partial charge in [0.05, 0.1) is 6.04 Å². The van der Waals surface area contributed by atoms with Crippen molar-refractivity contribution < 1.29 is 4.79 Å². The lowest BCUT2D eigenvalue weighted by Gasteiger charge is -2.32. The summed E-state index contributed by atoms with van der Waals surface area (Å²) in [6, 6.07) is -0.108. The second-order valence-corrected chi connectivity index (χ2v) is 6.75. The third-order valence-electron chi connectivity index (χ3n) is 3.76. The van der Waals surface area contributed by atoms with Crippen molar-refractivity contribution in [2.75, 3.05) is 26.2 Å². The van der Waals surface area contributed by atoms with Crippen LogP contribution in [0.3, 0.4) is 0 Å². The summed E-state index contributed by atoms with van der Waals surface area (Å²) in [4.78, 5) is 14.4. The van der Waals surface area contributed by atoms with Crippen LogP contribution in [-0.4, -0.2) is 48.6 Å². The van der Waals surface area contributed by atoms with E-state index in [1.807, 2.05) is 27.7 Å². The molecule has 1 unspecified atom stereocenters. The molecule has 0 aromatic rings. The van der Waals surface area contributed by atoms with Crippen molar-refractivity contribution in [2.45, 2.75) is 59.0 Å². The summed E-state index contributed by atoms with van der Waals surface area (Å²) in [6.07, 6.45) is 2.49. The largest absolute Gasteiger partial charge is 0.350 e. The van der Waals surface area contributed by atoms with Gasteiger partial charge < -0.3 is 15.5 Å². The fraction of sp³-hybridized carbons (Fsp3) is 0.933. The topological polar surface area (TPSA) is 44.4 Å². The van der Waals surface area contributed by atoms with Crippen LogP contribution in [0.2, 0.25) is 0 Å². The number of carbonyl (C=O) groups is 1. The lowest BCUT2D eigenvalue weighted by Crippen LogP contribution is -2.50. The Kier molecular flexibility index (Phi) is 6.27. The highest BCUT2D eigenvalue weighted by atomic mass is 16.2. The number of rotatable bonds is 5. The maximum absolute atomic E-state index is 11.9. The zero-order valence-corrected chi connectivity index (χ0v) is 13.3. The van der Waals surface area contributed by atoms with Crippen LogP contribution in [0.5, 0.6) is 0 Å². The van der Waals surface area contributed by atoms with Crippen LogP contribution in [0, 0.1) is 5.92 Å². The van der Waals surface area contributed by atoms with Crippen molar-refractivity contribution in [3.8, 4) is 0 Å². The van der Waals surface area contributed by atoms with Gasteiger partial charge in [0.25, 0.3) is 0 Å². The molecule has 0 radical (unpaired) electrons. The molecule has 2 N–H and O–H groups in total. The van der Waals surface area contributed by atoms with Crippen LogP contribution >= 0.6 is 0 Å². The molecular formula is C15H31N3O. The van der Waals surface area contributed by atoms with Crippen LogP contribution in [0.4, 0.5) is 0 Å². The molecule has 0 spiro atoms. The maximum atomic E-state index is 11.9. The van der Waals surface area contributed by atoms with Gasteiger partial charge in [-0.1, -0.05) is 6.92 Å². The molecule has 19 heavy (non-hydrogen) atoms. The zero-order valence-electron chi connectivity index (χ0n) is 13.3. The summed E-state index contributed by atoms with van der Waals surface area (Å²) in [5.41, 5.74) is -0.153. The third kappa shape index (κ3) is 6.39. The Balaban J connectivity index is 2.23. The molecule has 0 aromatic carbocycles. The predicted octanol–water partition coefficient (Wildman–Crippen LogP) is 1.61. The molecule has 4 nitrogen and oxygen atoms in total. The van der Waals surface area contributed by atoms with E-state index in [1.54, 1.807) is 0 Å². The van der Waals surface area contributed by atoms with Gasteiger partial charge in [0.2, 0.25) is 5.91 Å². The van der Waals surface area contributed by atoms with Crippen molar-refractivity contribution in [3.05, 3.63) is 0 Å². The first-order valence-corrected chi connectivity index (χ1v) is 7.59. The predicted molar refractivity (Wildman–Crippen MR) is 80.2 cm³/mol. The molecule has 4 heteroatoms. The molecule has 1 amide bonds. The summed E-state index contributed by atoms with van der Waals surface area (Å²) < 4.78 is 0. The number of hydrogen-bond donors (Lipinski definition) is 2. The number of piperidine rings is 1. The van der Waals surface area contributed by atoms with Gasteiger partial charge in [-0.2, -0.15) is 0 Å². The molecule has 1 aliphatic heterocycles. The van der Waals surface area contributed by atoms with E-state index in [-0.39, 0.29) is 17.5 Å². The monoisotopic (exact) mass is 269 g/mol. The van der Waals surface area contributed by atoms with E-state index in [9.17, 15) is 4.79 Å². The number of carbonyl (C=O) groups excluding carboxylic acids is 1. The molecule has 0 bridgehead atoms. The van der Waals surface area contributed by atoms with Gasteiger partial charge in [-0.05, 0) is 72.6 Å². The molecule has 112 valence electrons. The molecule has 0 aromatic heterocycles. The fourth-order valence-corrected chi connectivity index (χ4v) is 2.42. The first kappa shape index (κ1) is 16.4. The van der Waals surface area contributed by atoms with Crippen molar-refractivity contribution in [1.82, 2.24) is 15.5 Å². The normalized spacial score (nSPS) is 20.3. The van der Waals surface area contributed by atoms with Crippen molar-refractivity contribution >= 4 is 5.91 Å². The summed E-state index contributed by atoms with van der Waals surface area (Å²) in [7, 11) is 0. The highest BCUT2D eigenvalue weighted by Crippen LogP contribution is 2.16. The first-order valence-electron chi connectivity index (χ1n) is 7.59. The number of likely N-dealkylation sites (tertiary alicyclic amines) is 1. The van der Waals surface area contributed by atoms with Gasteiger partial charge in [0.15, 0.2) is 0 Å². The lowest BCUT2D eigenvalue weighted by atomic mass is 9.96. The van der Waals surface area contributed by atoms with E-state index in [1.165, 1.54) is 25.9 Å². The van der Waals surface area contributed by atoms with Gasteiger partial charge in [0.1, 0.15) is 0 Å². The Morgan fingerprint density at radius 1 is 1.32 bits per heavy atom. The summed E-state index contributed by atoms with van der Waals surface area (Å²) >= 11 is 0. The Hall–Kier alpha value is -0.610. The Labute approximate surface area is 118 Å². The summed E-state index contributed by atoms with van der Waals surface area (Å²) in [6.45, 7) is 14.7. The lowest BCUT2D eigenvalue weighted by molar-refractivity contribution is -0.124. The van der Waals surface area contributed by atoms with Crippen LogP contribution in [0.1, 0.15) is 47.5 Å². The highest BCUT2D eigenvalue weighted by Gasteiger charge is 2.22. The smallest absolute Gasteiger partial charge is 0.237 e. The second kappa shape index (κ2) is 7.25. The van der Waals surface area contributed by atoms with Crippen LogP contribution in [0.25, 0.3) is 0 Å². The summed E-state index contributed by atoms with van der Waals surface area (Å²) in [5, 5.41) is 6.39. The van der Waals surface area contributed by atoms with E-state index in [2.05, 4.69) is 22.5 Å². The summed E-state index contributed by atoms with van der Waals surface area (Å²) in [5.74, 6) is 0.811. The minimum absolute atomic E-state index is 0.0958. The maximum Gasteiger partial charge on any atom is 0.237 e. The Morgan fingerprint density at radius 3 is 2.37 bits per heavy atom. The number of hydrogen-bond acceptors (Lipinski definition) is 3. The molecule has 1 atom stereocenters. The minimum Gasteiger partial charge on any atom is -0.350 e. The van der Waals surface area contributed by atoms with Crippen LogP contribution in [-0.2, 0) is 4.79 Å². The molecule has 1 heterocycles. The van der Waals surface area contributed by atoms with Crippen molar-refractivity contribution in [2.24, 2.45) is 5.92 Å². The Bertz CT molecular complexity index is 278. The van der Waals surface area contributed by atoms with Gasteiger partial charge in [0, 0.05) is 5.54 Å². The average molecular weight is 269 g/mol. The van der Waals surface area contributed by atoms with Crippen molar-refractivity contribution in [3.63, 3.8) is 0 Å². The average Bonchev–Trinajstić information content (AvgIpc) is 2.34. The Morgan fingerprint density at radius 2 is 1.89 bits per heavy atom. The van der Waals surface area contributed by atoms with Gasteiger partial charge >= 0.3 is 0 Å². The number of nitrogens with zero attached hydrogens (tertiary/aromatic N) is 1. The molecular weight excluding hydrogens is 238 g/mol. The zero-order chi connectivity index (χ0) is 14.5. The SMILES string of the molecule is CCN1CCC(CNC(C)C(=O)NC(C)(C)C)CC1. The van der Waals surface area contributed by atoms with Gasteiger partial charge in [-0.3, -0.25) is 4.79 Å². The third-order valence-corrected chi connectivity index (χ3v) is 3.76. The molecule has 1 fully saturated rings. The van der Waals surface area contributed by atoms with E-state index in [4.69, 9.17) is 0 Å². The van der Waals surface area contributed by atoms with Crippen LogP contribution < -0.4 is 10.6 Å². The van der Waals surface area contributed by atoms with E-state index in [0.717, 1.165) is 13.1 Å². The van der Waals surface area contributed by atoms with E-state index < -0.39 is 0 Å². The second-order valence-electron chi connectivity index (χ2n) is 6.75. The molecule has 1 saturated heterocycles. The first-order chi connectivity index (χ1) is 8.81. The number of nitrogens with one attached hydrogen (secondary N) is 2. The van der Waals surface area contributed by atoms with Gasteiger partial charge in [-0.25, -0.2) is 0 Å². The van der Waals surface area contributed by atoms with E-state index in [0.29, 0.717) is 5.92 Å². The van der Waals surface area contributed by atoms with E-state index >= 15 is 0 Å². The molecule has 0 aliphatic carbocycles. The fourth-order valence-electron chi connectivity index (χ4n) is 2.42. The van der Waals surface area contributed by atoms with Crippen molar-refractivity contribution in [1.29, 1.82) is 0 Å². The van der Waals surface area contributed by atoms with Gasteiger partial charge in [-0.15, -0.1) is 0 Å². The molecule has 1 aliphatic rings. The molecule has 1 rings (SSSR count). The molecule has 0 saturated carbocycles. The van der Waals surface area contributed by atoms with Crippen LogP contribution in [0.15, 0.2) is 0 Å². The standard InChI is InChI=1S/C15H31N3O/c1-6-18-9-7-13(8-10-18)11-16-12(2)14(19)17-15(3,4)5/h12-13,16H,6-11H2,1-5H3,(H,17,19). The number of amides is 1.